The Morgan fingerprint density at radius 2 is 0.643 bits per heavy atom. The van der Waals surface area contributed by atoms with Gasteiger partial charge < -0.3 is 4.90 Å². The van der Waals surface area contributed by atoms with Crippen molar-refractivity contribution in [1.29, 1.82) is 0 Å². The summed E-state index contributed by atoms with van der Waals surface area (Å²) in [7, 11) is 0. The molecule has 4 aliphatic heterocycles. The molecular weight excluding hydrogens is 1190 g/mol. The third kappa shape index (κ3) is 9.13. The standard InChI is InChI=1S/C86H58B2N10/c1-10-31-59(32-11-1)68-49-30-50-69(60-33-12-2-13-34-60)83(68)98-76-54-75-71(53-72(76)87-70-51-28-29-52-74(70)95(65-43-22-7-23-44-65)85-82(87)78(98)56-80(91-85)94(63-39-18-5-19-40-63)64-41-20-6-21-42-64)88-73-57-89-58-90-84(73)97(67-47-26-9-27-48-67)77-55-79(92-86(81(77)88)96(75)66-45-24-8-25-46-66)93(61-35-14-3-15-36-61)62-37-16-4-17-38-62/h1-58H. The highest BCUT2D eigenvalue weighted by Gasteiger charge is 2.51. The van der Waals surface area contributed by atoms with Crippen LogP contribution in [0.4, 0.5) is 103 Å². The van der Waals surface area contributed by atoms with E-state index in [0.717, 1.165) is 158 Å². The van der Waals surface area contributed by atoms with Gasteiger partial charge in [-0.2, -0.15) is 0 Å². The summed E-state index contributed by atoms with van der Waals surface area (Å²) in [4.78, 5) is 36.8. The largest absolute Gasteiger partial charge is 0.310 e. The molecular formula is C86H58B2N10. The summed E-state index contributed by atoms with van der Waals surface area (Å²) in [5.41, 5.74) is 23.7. The van der Waals surface area contributed by atoms with Crippen molar-refractivity contribution in [2.45, 2.75) is 0 Å². The van der Waals surface area contributed by atoms with Gasteiger partial charge in [-0.25, -0.2) is 19.9 Å². The minimum Gasteiger partial charge on any atom is -0.310 e. The van der Waals surface area contributed by atoms with Crippen LogP contribution in [0.2, 0.25) is 0 Å². The summed E-state index contributed by atoms with van der Waals surface area (Å²) in [6, 6.07) is 122. The molecule has 3 aromatic heterocycles. The maximum atomic E-state index is 6.11. The lowest BCUT2D eigenvalue weighted by atomic mass is 9.30. The molecule has 0 saturated heterocycles. The average Bonchev–Trinajstić information content (AvgIpc) is 0.683. The molecule has 0 radical (unpaired) electrons. The zero-order valence-corrected chi connectivity index (χ0v) is 53.1. The summed E-state index contributed by atoms with van der Waals surface area (Å²) >= 11 is 0. The average molecular weight is 1250 g/mol. The normalized spacial score (nSPS) is 12.8. The van der Waals surface area contributed by atoms with Crippen LogP contribution in [0.1, 0.15) is 0 Å². The number of rotatable bonds is 12. The van der Waals surface area contributed by atoms with E-state index < -0.39 is 6.71 Å². The number of para-hydroxylation sites is 9. The summed E-state index contributed by atoms with van der Waals surface area (Å²) in [6.45, 7) is -0.746. The van der Waals surface area contributed by atoms with Gasteiger partial charge in [0.25, 0.3) is 13.4 Å². The van der Waals surface area contributed by atoms with Crippen LogP contribution in [0.3, 0.4) is 0 Å². The molecule has 0 unspecified atom stereocenters. The molecule has 15 aromatic rings. The fraction of sp³-hybridized carbons (Fsp3) is 0. The Labute approximate surface area is 569 Å². The van der Waals surface area contributed by atoms with Gasteiger partial charge in [0.2, 0.25) is 0 Å². The van der Waals surface area contributed by atoms with Crippen molar-refractivity contribution < 1.29 is 0 Å². The molecule has 458 valence electrons. The quantitative estimate of drug-likeness (QED) is 0.110. The molecule has 0 saturated carbocycles. The van der Waals surface area contributed by atoms with Crippen LogP contribution in [0.15, 0.2) is 352 Å². The van der Waals surface area contributed by atoms with Crippen molar-refractivity contribution in [2.24, 2.45) is 0 Å². The number of aromatic nitrogens is 4. The predicted octanol–water partition coefficient (Wildman–Crippen LogP) is 17.7. The zero-order chi connectivity index (χ0) is 64.6. The Kier molecular flexibility index (Phi) is 13.5. The number of fused-ring (bicyclic) bond motifs is 8. The van der Waals surface area contributed by atoms with Gasteiger partial charge in [-0.1, -0.05) is 231 Å². The molecule has 98 heavy (non-hydrogen) atoms. The molecule has 12 aromatic carbocycles. The van der Waals surface area contributed by atoms with Crippen LogP contribution in [0.25, 0.3) is 22.3 Å². The highest BCUT2D eigenvalue weighted by molar-refractivity contribution is 7.03. The first kappa shape index (κ1) is 56.5. The van der Waals surface area contributed by atoms with Gasteiger partial charge in [0.05, 0.1) is 11.4 Å². The van der Waals surface area contributed by atoms with E-state index in [2.05, 4.69) is 369 Å². The molecule has 0 bridgehead atoms. The highest BCUT2D eigenvalue weighted by atomic mass is 15.3. The number of anilines is 18. The van der Waals surface area contributed by atoms with Gasteiger partial charge in [-0.3, -0.25) is 24.5 Å². The Morgan fingerprint density at radius 3 is 1.10 bits per heavy atom. The first-order chi connectivity index (χ1) is 48.7. The molecule has 0 fully saturated rings. The first-order valence-electron chi connectivity index (χ1n) is 33.3. The van der Waals surface area contributed by atoms with Crippen molar-refractivity contribution in [1.82, 2.24) is 19.9 Å². The Bertz CT molecular complexity index is 5360. The van der Waals surface area contributed by atoms with Crippen molar-refractivity contribution >= 4 is 149 Å². The zero-order valence-electron chi connectivity index (χ0n) is 53.1. The molecule has 0 aliphatic carbocycles. The summed E-state index contributed by atoms with van der Waals surface area (Å²) in [5.74, 6) is 3.93. The topological polar surface area (TPSA) is 71.0 Å². The van der Waals surface area contributed by atoms with E-state index in [9.17, 15) is 0 Å². The molecule has 0 N–H and O–H groups in total. The second-order valence-electron chi connectivity index (χ2n) is 25.0. The van der Waals surface area contributed by atoms with Gasteiger partial charge in [-0.15, -0.1) is 0 Å². The van der Waals surface area contributed by atoms with Gasteiger partial charge in [0.1, 0.15) is 35.4 Å². The maximum Gasteiger partial charge on any atom is 0.258 e. The van der Waals surface area contributed by atoms with E-state index in [-0.39, 0.29) is 6.71 Å². The SMILES string of the molecule is c1ccc(-c2cccc(-c3ccccc3)c2N2c3cc4c(cc3B3c5ccccc5N(c5ccccc5)c5nc(N(c6ccccc6)c6ccccc6)cc2c53)B2c3cncnc3N(c3ccccc3)c3cc(N(c5ccccc5)c5ccccc5)nc(c32)N4c2ccccc2)cc1. The number of pyridine rings is 2. The first-order valence-corrected chi connectivity index (χ1v) is 33.3. The van der Waals surface area contributed by atoms with E-state index >= 15 is 0 Å². The fourth-order valence-corrected chi connectivity index (χ4v) is 15.5. The van der Waals surface area contributed by atoms with Crippen molar-refractivity contribution in [3.63, 3.8) is 0 Å². The number of hydrogen-bond donors (Lipinski definition) is 0. The number of hydrogen-bond acceptors (Lipinski definition) is 10. The summed E-state index contributed by atoms with van der Waals surface area (Å²) in [5, 5.41) is 0. The highest BCUT2D eigenvalue weighted by Crippen LogP contribution is 2.54. The second kappa shape index (κ2) is 23.4. The van der Waals surface area contributed by atoms with Gasteiger partial charge >= 0.3 is 0 Å². The molecule has 0 spiro atoms. The van der Waals surface area contributed by atoms with Gasteiger partial charge in [0, 0.05) is 92.0 Å². The summed E-state index contributed by atoms with van der Waals surface area (Å²) < 4.78 is 0. The maximum absolute atomic E-state index is 6.11. The Balaban J connectivity index is 0.980. The third-order valence-corrected chi connectivity index (χ3v) is 19.5. The van der Waals surface area contributed by atoms with Crippen molar-refractivity contribution in [2.75, 3.05) is 29.4 Å². The van der Waals surface area contributed by atoms with E-state index in [1.54, 1.807) is 6.33 Å². The minimum atomic E-state index is -0.406. The molecule has 7 heterocycles. The van der Waals surface area contributed by atoms with E-state index in [1.165, 1.54) is 0 Å². The summed E-state index contributed by atoms with van der Waals surface area (Å²) in [6.07, 6.45) is 3.73. The second-order valence-corrected chi connectivity index (χ2v) is 25.0. The third-order valence-electron chi connectivity index (χ3n) is 19.5. The lowest BCUT2D eigenvalue weighted by molar-refractivity contribution is 1.10. The predicted molar refractivity (Wildman–Crippen MR) is 406 cm³/mol. The van der Waals surface area contributed by atoms with Crippen LogP contribution in [0.5, 0.6) is 0 Å². The molecule has 12 heteroatoms. The van der Waals surface area contributed by atoms with E-state index in [4.69, 9.17) is 19.9 Å². The molecule has 19 rings (SSSR count). The van der Waals surface area contributed by atoms with Crippen molar-refractivity contribution in [3.05, 3.63) is 352 Å². The van der Waals surface area contributed by atoms with Crippen LogP contribution in [-0.4, -0.2) is 33.4 Å². The van der Waals surface area contributed by atoms with E-state index in [0.29, 0.717) is 0 Å². The molecule has 0 amide bonds. The number of benzene rings is 12. The van der Waals surface area contributed by atoms with Crippen LogP contribution in [0, 0.1) is 0 Å². The molecule has 4 aliphatic rings. The Hall–Kier alpha value is -13.1. The van der Waals surface area contributed by atoms with Crippen LogP contribution < -0.4 is 62.2 Å². The lowest BCUT2D eigenvalue weighted by Gasteiger charge is -2.47. The minimum absolute atomic E-state index is 0.340. The van der Waals surface area contributed by atoms with E-state index in [1.807, 2.05) is 6.20 Å². The Morgan fingerprint density at radius 1 is 0.276 bits per heavy atom. The number of nitrogens with zero attached hydrogens (tertiary/aromatic N) is 10. The molecule has 10 nitrogen and oxygen atoms in total. The van der Waals surface area contributed by atoms with Gasteiger partial charge in [0.15, 0.2) is 0 Å². The van der Waals surface area contributed by atoms with Crippen LogP contribution in [-0.2, 0) is 0 Å². The fourth-order valence-electron chi connectivity index (χ4n) is 15.5. The monoisotopic (exact) mass is 1250 g/mol. The van der Waals surface area contributed by atoms with Gasteiger partial charge in [-0.05, 0) is 141 Å². The van der Waals surface area contributed by atoms with Crippen molar-refractivity contribution in [3.8, 4) is 22.3 Å². The smallest absolute Gasteiger partial charge is 0.258 e. The molecule has 0 atom stereocenters. The van der Waals surface area contributed by atoms with Crippen LogP contribution >= 0.6 is 0 Å². The lowest BCUT2D eigenvalue weighted by Crippen LogP contribution is -2.65.